The van der Waals surface area contributed by atoms with Crippen LogP contribution in [0.3, 0.4) is 0 Å². The van der Waals surface area contributed by atoms with Gasteiger partial charge in [0.15, 0.2) is 0 Å². The van der Waals surface area contributed by atoms with Gasteiger partial charge in [-0.25, -0.2) is 0 Å². The minimum absolute atomic E-state index is 0.0497. The number of fused-ring (bicyclic) bond motifs is 1. The molecule has 4 atom stereocenters. The highest BCUT2D eigenvalue weighted by Crippen LogP contribution is 2.35. The maximum atomic E-state index is 10.4. The fourth-order valence-electron chi connectivity index (χ4n) is 4.02. The lowest BCUT2D eigenvalue weighted by molar-refractivity contribution is 0.0298. The first-order valence-electron chi connectivity index (χ1n) is 8.67. The summed E-state index contributed by atoms with van der Waals surface area (Å²) in [4.78, 5) is 4.18. The third-order valence-corrected chi connectivity index (χ3v) is 5.31. The van der Waals surface area contributed by atoms with E-state index in [1.165, 1.54) is 16.5 Å². The average molecular weight is 337 g/mol. The number of nitrogens with zero attached hydrogens (tertiary/aromatic N) is 2. The van der Waals surface area contributed by atoms with Crippen molar-refractivity contribution in [3.05, 3.63) is 66.1 Å². The summed E-state index contributed by atoms with van der Waals surface area (Å²) < 4.78 is 2.12. The Hall–Kier alpha value is -2.21. The van der Waals surface area contributed by atoms with Crippen molar-refractivity contribution >= 4 is 10.9 Å². The van der Waals surface area contributed by atoms with Crippen LogP contribution in [0.4, 0.5) is 0 Å². The van der Waals surface area contributed by atoms with Crippen LogP contribution in [0, 0.1) is 0 Å². The van der Waals surface area contributed by atoms with E-state index in [1.807, 2.05) is 37.5 Å². The van der Waals surface area contributed by atoms with Crippen molar-refractivity contribution < 1.29 is 10.2 Å². The maximum Gasteiger partial charge on any atom is 0.0957 e. The highest BCUT2D eigenvalue weighted by atomic mass is 16.3. The molecule has 0 amide bonds. The standard InChI is InChI=1S/C20H23N3O2/c1-23-12-14(15-6-2-3-7-17(15)23)11-22-19-16(9-18(24)20(19)25)13-5-4-8-21-10-13/h2-8,10,12,16,18-20,22,24-25H,9,11H2,1H3. The van der Waals surface area contributed by atoms with Gasteiger partial charge in [0.1, 0.15) is 0 Å². The summed E-state index contributed by atoms with van der Waals surface area (Å²) in [6.07, 6.45) is 4.73. The van der Waals surface area contributed by atoms with E-state index < -0.39 is 12.2 Å². The lowest BCUT2D eigenvalue weighted by atomic mass is 9.95. The smallest absolute Gasteiger partial charge is 0.0957 e. The molecular weight excluding hydrogens is 314 g/mol. The van der Waals surface area contributed by atoms with Gasteiger partial charge in [-0.2, -0.15) is 0 Å². The first kappa shape index (κ1) is 16.3. The van der Waals surface area contributed by atoms with Crippen LogP contribution in [0.2, 0.25) is 0 Å². The van der Waals surface area contributed by atoms with Gasteiger partial charge in [-0.3, -0.25) is 4.98 Å². The second-order valence-electron chi connectivity index (χ2n) is 6.88. The number of benzene rings is 1. The molecule has 3 N–H and O–H groups in total. The Morgan fingerprint density at radius 1 is 1.20 bits per heavy atom. The molecule has 4 unspecified atom stereocenters. The normalized spacial score (nSPS) is 26.4. The first-order chi connectivity index (χ1) is 12.1. The predicted molar refractivity (Wildman–Crippen MR) is 97.2 cm³/mol. The number of aromatic nitrogens is 2. The second kappa shape index (κ2) is 6.59. The third kappa shape index (κ3) is 2.95. The Balaban J connectivity index is 1.57. The maximum absolute atomic E-state index is 10.4. The molecule has 0 saturated heterocycles. The molecule has 4 rings (SSSR count). The van der Waals surface area contributed by atoms with Crippen LogP contribution in [-0.4, -0.2) is 38.0 Å². The van der Waals surface area contributed by atoms with Gasteiger partial charge < -0.3 is 20.1 Å². The summed E-state index contributed by atoms with van der Waals surface area (Å²) >= 11 is 0. The summed E-state index contributed by atoms with van der Waals surface area (Å²) in [6.45, 7) is 0.645. The van der Waals surface area contributed by atoms with Crippen LogP contribution in [0.5, 0.6) is 0 Å². The van der Waals surface area contributed by atoms with Gasteiger partial charge in [0.25, 0.3) is 0 Å². The van der Waals surface area contributed by atoms with Gasteiger partial charge in [0.05, 0.1) is 12.2 Å². The van der Waals surface area contributed by atoms with Gasteiger partial charge in [0.2, 0.25) is 0 Å². The Kier molecular flexibility index (Phi) is 4.29. The second-order valence-corrected chi connectivity index (χ2v) is 6.88. The zero-order valence-electron chi connectivity index (χ0n) is 14.2. The molecule has 1 aliphatic carbocycles. The number of aliphatic hydroxyl groups excluding tert-OH is 2. The number of aliphatic hydroxyl groups is 2. The fourth-order valence-corrected chi connectivity index (χ4v) is 4.02. The molecule has 0 spiro atoms. The number of pyridine rings is 1. The fraction of sp³-hybridized carbons (Fsp3) is 0.350. The molecule has 5 nitrogen and oxygen atoms in total. The highest BCUT2D eigenvalue weighted by molar-refractivity contribution is 5.83. The van der Waals surface area contributed by atoms with E-state index >= 15 is 0 Å². The average Bonchev–Trinajstić information content (AvgIpc) is 3.12. The third-order valence-electron chi connectivity index (χ3n) is 5.31. The van der Waals surface area contributed by atoms with Crippen molar-refractivity contribution in [1.82, 2.24) is 14.9 Å². The number of hydrogen-bond acceptors (Lipinski definition) is 4. The van der Waals surface area contributed by atoms with E-state index in [0.29, 0.717) is 13.0 Å². The van der Waals surface area contributed by atoms with Gasteiger partial charge in [-0.05, 0) is 29.7 Å². The number of aryl methyl sites for hydroxylation is 1. The van der Waals surface area contributed by atoms with Crippen molar-refractivity contribution in [2.45, 2.75) is 37.1 Å². The monoisotopic (exact) mass is 337 g/mol. The molecule has 0 bridgehead atoms. The molecule has 130 valence electrons. The van der Waals surface area contributed by atoms with Crippen molar-refractivity contribution in [3.63, 3.8) is 0 Å². The van der Waals surface area contributed by atoms with Crippen LogP contribution in [-0.2, 0) is 13.6 Å². The SMILES string of the molecule is Cn1cc(CNC2C(c3cccnc3)CC(O)C2O)c2ccccc21. The van der Waals surface area contributed by atoms with Crippen LogP contribution in [0.15, 0.2) is 55.0 Å². The van der Waals surface area contributed by atoms with Crippen LogP contribution >= 0.6 is 0 Å². The van der Waals surface area contributed by atoms with Crippen LogP contribution < -0.4 is 5.32 Å². The summed E-state index contributed by atoms with van der Waals surface area (Å²) in [6, 6.07) is 12.0. The lowest BCUT2D eigenvalue weighted by Crippen LogP contribution is -2.41. The number of para-hydroxylation sites is 1. The van der Waals surface area contributed by atoms with E-state index in [9.17, 15) is 10.2 Å². The van der Waals surface area contributed by atoms with E-state index in [2.05, 4.69) is 33.2 Å². The Morgan fingerprint density at radius 3 is 2.84 bits per heavy atom. The number of hydrogen-bond donors (Lipinski definition) is 3. The summed E-state index contributed by atoms with van der Waals surface area (Å²) in [5.41, 5.74) is 3.43. The zero-order chi connectivity index (χ0) is 17.4. The lowest BCUT2D eigenvalue weighted by Gasteiger charge is -2.23. The summed E-state index contributed by atoms with van der Waals surface area (Å²) in [5, 5.41) is 25.3. The summed E-state index contributed by atoms with van der Waals surface area (Å²) in [7, 11) is 2.04. The number of nitrogens with one attached hydrogen (secondary N) is 1. The zero-order valence-corrected chi connectivity index (χ0v) is 14.2. The topological polar surface area (TPSA) is 70.3 Å². The molecule has 1 aromatic carbocycles. The molecule has 2 aromatic heterocycles. The number of rotatable bonds is 4. The first-order valence-corrected chi connectivity index (χ1v) is 8.67. The van der Waals surface area contributed by atoms with Crippen molar-refractivity contribution in [1.29, 1.82) is 0 Å². The highest BCUT2D eigenvalue weighted by Gasteiger charge is 2.42. The van der Waals surface area contributed by atoms with Crippen LogP contribution in [0.1, 0.15) is 23.5 Å². The molecular formula is C20H23N3O2. The molecule has 5 heteroatoms. The Labute approximate surface area is 146 Å². The summed E-state index contributed by atoms with van der Waals surface area (Å²) in [5.74, 6) is 0.0497. The van der Waals surface area contributed by atoms with Gasteiger partial charge in [0, 0.05) is 55.0 Å². The van der Waals surface area contributed by atoms with E-state index in [4.69, 9.17) is 0 Å². The molecule has 1 aliphatic rings. The van der Waals surface area contributed by atoms with Crippen molar-refractivity contribution in [2.24, 2.45) is 7.05 Å². The van der Waals surface area contributed by atoms with Gasteiger partial charge >= 0.3 is 0 Å². The molecule has 1 saturated carbocycles. The minimum atomic E-state index is -0.778. The van der Waals surface area contributed by atoms with E-state index in [1.54, 1.807) is 6.20 Å². The molecule has 1 fully saturated rings. The van der Waals surface area contributed by atoms with Crippen LogP contribution in [0.25, 0.3) is 10.9 Å². The quantitative estimate of drug-likeness (QED) is 0.680. The molecule has 25 heavy (non-hydrogen) atoms. The van der Waals surface area contributed by atoms with E-state index in [0.717, 1.165) is 5.56 Å². The molecule has 2 heterocycles. The molecule has 3 aromatic rings. The van der Waals surface area contributed by atoms with Gasteiger partial charge in [-0.15, -0.1) is 0 Å². The van der Waals surface area contributed by atoms with Gasteiger partial charge in [-0.1, -0.05) is 24.3 Å². The van der Waals surface area contributed by atoms with Crippen molar-refractivity contribution in [2.75, 3.05) is 0 Å². The Morgan fingerprint density at radius 2 is 2.04 bits per heavy atom. The molecule has 0 radical (unpaired) electrons. The Bertz CT molecular complexity index is 862. The molecule has 0 aliphatic heterocycles. The van der Waals surface area contributed by atoms with Crippen molar-refractivity contribution in [3.8, 4) is 0 Å². The largest absolute Gasteiger partial charge is 0.390 e. The predicted octanol–water partition coefficient (Wildman–Crippen LogP) is 1.94. The van der Waals surface area contributed by atoms with E-state index in [-0.39, 0.29) is 12.0 Å². The minimum Gasteiger partial charge on any atom is -0.390 e.